The SMILES string of the molecule is CN1C(=O)[C@@H]2[C@H](C1=O)[C@@H](C(=O)c1ccc(Br)cc1)N1CCCC[C@H]21. The van der Waals surface area contributed by atoms with Crippen LogP contribution in [0.4, 0.5) is 0 Å². The van der Waals surface area contributed by atoms with Crippen LogP contribution in [0.2, 0.25) is 0 Å². The van der Waals surface area contributed by atoms with Gasteiger partial charge in [-0.05, 0) is 31.5 Å². The lowest BCUT2D eigenvalue weighted by atomic mass is 9.85. The summed E-state index contributed by atoms with van der Waals surface area (Å²) in [6.45, 7) is 0.787. The molecule has 126 valence electrons. The zero-order valence-corrected chi connectivity index (χ0v) is 15.0. The number of carbonyl (C=O) groups is 3. The number of carbonyl (C=O) groups excluding carboxylic acids is 3. The fourth-order valence-corrected chi connectivity index (χ4v) is 4.88. The number of hydrogen-bond donors (Lipinski definition) is 0. The van der Waals surface area contributed by atoms with Gasteiger partial charge < -0.3 is 0 Å². The number of imide groups is 1. The van der Waals surface area contributed by atoms with Gasteiger partial charge in [0.2, 0.25) is 11.8 Å². The molecule has 2 amide bonds. The summed E-state index contributed by atoms with van der Waals surface area (Å²) in [6.07, 6.45) is 2.95. The first-order valence-electron chi connectivity index (χ1n) is 8.37. The molecule has 0 aliphatic carbocycles. The van der Waals surface area contributed by atoms with Gasteiger partial charge in [0.1, 0.15) is 0 Å². The Hall–Kier alpha value is -1.53. The third kappa shape index (κ3) is 2.19. The highest BCUT2D eigenvalue weighted by Gasteiger charge is 2.62. The van der Waals surface area contributed by atoms with Gasteiger partial charge in [-0.3, -0.25) is 24.2 Å². The summed E-state index contributed by atoms with van der Waals surface area (Å²) in [5.74, 6) is -1.24. The van der Waals surface area contributed by atoms with Crippen LogP contribution in [-0.4, -0.2) is 53.1 Å². The monoisotopic (exact) mass is 390 g/mol. The number of nitrogens with zero attached hydrogens (tertiary/aromatic N) is 2. The van der Waals surface area contributed by atoms with Crippen molar-refractivity contribution in [3.8, 4) is 0 Å². The molecule has 0 radical (unpaired) electrons. The lowest BCUT2D eigenvalue weighted by molar-refractivity contribution is -0.140. The van der Waals surface area contributed by atoms with Crippen molar-refractivity contribution in [2.75, 3.05) is 13.6 Å². The first-order valence-corrected chi connectivity index (χ1v) is 9.17. The number of benzene rings is 1. The minimum atomic E-state index is -0.526. The molecule has 0 aromatic heterocycles. The van der Waals surface area contributed by atoms with E-state index >= 15 is 0 Å². The molecule has 3 fully saturated rings. The number of Topliss-reactive ketones (excluding diaryl/α,β-unsaturated/α-hetero) is 1. The van der Waals surface area contributed by atoms with E-state index in [0.717, 1.165) is 30.3 Å². The Bertz CT molecular complexity index is 717. The number of ketones is 1. The molecule has 0 spiro atoms. The van der Waals surface area contributed by atoms with Gasteiger partial charge in [0, 0.05) is 23.1 Å². The molecule has 0 unspecified atom stereocenters. The van der Waals surface area contributed by atoms with Crippen molar-refractivity contribution >= 4 is 33.5 Å². The van der Waals surface area contributed by atoms with Crippen molar-refractivity contribution in [2.45, 2.75) is 31.3 Å². The van der Waals surface area contributed by atoms with Gasteiger partial charge in [0.25, 0.3) is 0 Å². The maximum Gasteiger partial charge on any atom is 0.234 e. The molecule has 3 aliphatic rings. The highest BCUT2D eigenvalue weighted by atomic mass is 79.9. The summed E-state index contributed by atoms with van der Waals surface area (Å²) in [5, 5.41) is 0. The van der Waals surface area contributed by atoms with Gasteiger partial charge in [0.05, 0.1) is 17.9 Å². The predicted octanol–water partition coefficient (Wildman–Crippen LogP) is 2.10. The Kier molecular flexibility index (Phi) is 3.84. The van der Waals surface area contributed by atoms with E-state index in [4.69, 9.17) is 0 Å². The van der Waals surface area contributed by atoms with Crippen LogP contribution in [0.5, 0.6) is 0 Å². The number of rotatable bonds is 2. The third-order valence-corrected chi connectivity index (χ3v) is 6.25. The molecule has 4 atom stereocenters. The summed E-state index contributed by atoms with van der Waals surface area (Å²) in [6, 6.07) is 6.74. The molecule has 4 rings (SSSR count). The number of amides is 2. The molecule has 5 nitrogen and oxygen atoms in total. The highest BCUT2D eigenvalue weighted by Crippen LogP contribution is 2.46. The molecule has 0 saturated carbocycles. The Morgan fingerprint density at radius 1 is 1.08 bits per heavy atom. The maximum absolute atomic E-state index is 13.2. The number of halogens is 1. The molecular weight excluding hydrogens is 372 g/mol. The summed E-state index contributed by atoms with van der Waals surface area (Å²) in [7, 11) is 1.54. The highest BCUT2D eigenvalue weighted by molar-refractivity contribution is 9.10. The zero-order valence-electron chi connectivity index (χ0n) is 13.4. The Morgan fingerprint density at radius 2 is 1.75 bits per heavy atom. The van der Waals surface area contributed by atoms with Gasteiger partial charge >= 0.3 is 0 Å². The lowest BCUT2D eigenvalue weighted by Gasteiger charge is -2.35. The van der Waals surface area contributed by atoms with Crippen LogP contribution < -0.4 is 0 Å². The normalized spacial score (nSPS) is 32.8. The van der Waals surface area contributed by atoms with E-state index in [1.807, 2.05) is 12.1 Å². The first kappa shape index (κ1) is 16.0. The van der Waals surface area contributed by atoms with Gasteiger partial charge in [0.15, 0.2) is 5.78 Å². The zero-order chi connectivity index (χ0) is 17.0. The Morgan fingerprint density at radius 3 is 2.46 bits per heavy atom. The number of likely N-dealkylation sites (tertiary alicyclic amines) is 1. The number of fused-ring (bicyclic) bond motifs is 3. The van der Waals surface area contributed by atoms with Crippen LogP contribution in [0.15, 0.2) is 28.7 Å². The van der Waals surface area contributed by atoms with E-state index in [1.165, 1.54) is 11.9 Å². The van der Waals surface area contributed by atoms with Crippen LogP contribution >= 0.6 is 15.9 Å². The second-order valence-corrected chi connectivity index (χ2v) is 7.82. The summed E-state index contributed by atoms with van der Waals surface area (Å²) >= 11 is 3.38. The third-order valence-electron chi connectivity index (χ3n) is 5.72. The molecule has 3 aliphatic heterocycles. The molecule has 0 N–H and O–H groups in total. The maximum atomic E-state index is 13.2. The van der Waals surface area contributed by atoms with E-state index in [2.05, 4.69) is 20.8 Å². The van der Waals surface area contributed by atoms with Gasteiger partial charge in [-0.15, -0.1) is 0 Å². The molecule has 6 heteroatoms. The number of hydrogen-bond acceptors (Lipinski definition) is 4. The minimum Gasteiger partial charge on any atom is -0.292 e. The van der Waals surface area contributed by atoms with Gasteiger partial charge in [-0.25, -0.2) is 0 Å². The summed E-state index contributed by atoms with van der Waals surface area (Å²) in [5.41, 5.74) is 0.600. The van der Waals surface area contributed by atoms with Crippen LogP contribution in [0, 0.1) is 11.8 Å². The molecule has 1 aromatic rings. The van der Waals surface area contributed by atoms with Crippen molar-refractivity contribution < 1.29 is 14.4 Å². The molecular formula is C18H19BrN2O3. The van der Waals surface area contributed by atoms with Crippen molar-refractivity contribution in [1.29, 1.82) is 0 Å². The summed E-state index contributed by atoms with van der Waals surface area (Å²) in [4.78, 5) is 41.8. The molecule has 1 aromatic carbocycles. The largest absolute Gasteiger partial charge is 0.292 e. The second kappa shape index (κ2) is 5.77. The van der Waals surface area contributed by atoms with Gasteiger partial charge in [-0.2, -0.15) is 0 Å². The van der Waals surface area contributed by atoms with Crippen LogP contribution in [0.3, 0.4) is 0 Å². The molecule has 0 bridgehead atoms. The molecule has 3 heterocycles. The van der Waals surface area contributed by atoms with E-state index in [1.54, 1.807) is 12.1 Å². The van der Waals surface area contributed by atoms with Crippen LogP contribution in [-0.2, 0) is 9.59 Å². The number of piperidine rings is 1. The van der Waals surface area contributed by atoms with Gasteiger partial charge in [-0.1, -0.05) is 34.5 Å². The van der Waals surface area contributed by atoms with E-state index < -0.39 is 12.0 Å². The average molecular weight is 391 g/mol. The van der Waals surface area contributed by atoms with Crippen molar-refractivity contribution in [2.24, 2.45) is 11.8 Å². The predicted molar refractivity (Wildman–Crippen MR) is 91.4 cm³/mol. The fraction of sp³-hybridized carbons (Fsp3) is 0.500. The smallest absolute Gasteiger partial charge is 0.234 e. The van der Waals surface area contributed by atoms with E-state index in [9.17, 15) is 14.4 Å². The van der Waals surface area contributed by atoms with Crippen molar-refractivity contribution in [3.05, 3.63) is 34.3 Å². The quantitative estimate of drug-likeness (QED) is 0.573. The second-order valence-electron chi connectivity index (χ2n) is 6.90. The topological polar surface area (TPSA) is 57.7 Å². The Balaban J connectivity index is 1.75. The molecule has 3 saturated heterocycles. The first-order chi connectivity index (χ1) is 11.5. The van der Waals surface area contributed by atoms with E-state index in [0.29, 0.717) is 5.56 Å². The molecule has 24 heavy (non-hydrogen) atoms. The average Bonchev–Trinajstić information content (AvgIpc) is 3.04. The summed E-state index contributed by atoms with van der Waals surface area (Å²) < 4.78 is 0.908. The van der Waals surface area contributed by atoms with Crippen molar-refractivity contribution in [3.63, 3.8) is 0 Å². The van der Waals surface area contributed by atoms with E-state index in [-0.39, 0.29) is 29.6 Å². The standard InChI is InChI=1S/C18H19BrN2O3/c1-20-17(23)13-12-4-2-3-9-21(12)15(14(13)18(20)24)16(22)10-5-7-11(19)8-6-10/h5-8,12-15H,2-4,9H2,1H3/t12-,13+,14+,15+/m1/s1. The Labute approximate surface area is 149 Å². The van der Waals surface area contributed by atoms with Crippen molar-refractivity contribution in [1.82, 2.24) is 9.80 Å². The lowest BCUT2D eigenvalue weighted by Crippen LogP contribution is -2.49. The fourth-order valence-electron chi connectivity index (χ4n) is 4.61. The van der Waals surface area contributed by atoms with Crippen LogP contribution in [0.25, 0.3) is 0 Å². The minimum absolute atomic E-state index is 0.0227. The van der Waals surface area contributed by atoms with Crippen LogP contribution in [0.1, 0.15) is 29.6 Å².